The van der Waals surface area contributed by atoms with Crippen molar-refractivity contribution < 1.29 is 17.9 Å². The molecule has 2 aliphatic heterocycles. The third-order valence-electron chi connectivity index (χ3n) is 6.65. The Morgan fingerprint density at radius 2 is 1.83 bits per heavy atom. The van der Waals surface area contributed by atoms with Crippen molar-refractivity contribution in [3.63, 3.8) is 0 Å². The lowest BCUT2D eigenvalue weighted by Crippen LogP contribution is -2.53. The van der Waals surface area contributed by atoms with E-state index in [0.717, 1.165) is 27.5 Å². The molecule has 3 aromatic rings. The average molecular weight is 515 g/mol. The van der Waals surface area contributed by atoms with Crippen LogP contribution in [0.5, 0.6) is 5.75 Å². The first kappa shape index (κ1) is 24.0. The largest absolute Gasteiger partial charge is 0.492 e. The topological polar surface area (TPSA) is 83.0 Å². The molecule has 0 N–H and O–H groups in total. The highest BCUT2D eigenvalue weighted by atomic mass is 32.2. The monoisotopic (exact) mass is 514 g/mol. The molecular formula is C25H30N4O4S2. The number of piperidine rings is 1. The van der Waals surface area contributed by atoms with Crippen molar-refractivity contribution in [2.24, 2.45) is 5.92 Å². The Bertz CT molecular complexity index is 1290. The SMILES string of the molecule is CCOc1cccc2sc(N3CCN(C(=O)C4CCCN(S(=O)(=O)c5ccccc5)C4)CC3)nc12. The Hall–Kier alpha value is -2.69. The van der Waals surface area contributed by atoms with Crippen LogP contribution in [0, 0.1) is 5.92 Å². The van der Waals surface area contributed by atoms with Gasteiger partial charge in [0.05, 0.1) is 22.1 Å². The summed E-state index contributed by atoms with van der Waals surface area (Å²) in [6.45, 7) is 5.88. The lowest BCUT2D eigenvalue weighted by Gasteiger charge is -2.38. The van der Waals surface area contributed by atoms with Gasteiger partial charge in [-0.1, -0.05) is 35.6 Å². The van der Waals surface area contributed by atoms with Crippen molar-refractivity contribution >= 4 is 42.6 Å². The fourth-order valence-electron chi connectivity index (χ4n) is 4.80. The van der Waals surface area contributed by atoms with Crippen molar-refractivity contribution in [1.82, 2.24) is 14.2 Å². The number of piperazine rings is 1. The van der Waals surface area contributed by atoms with Gasteiger partial charge in [0.2, 0.25) is 15.9 Å². The molecule has 0 bridgehead atoms. The van der Waals surface area contributed by atoms with Gasteiger partial charge in [-0.05, 0) is 44.0 Å². The Labute approximate surface area is 210 Å². The maximum atomic E-state index is 13.3. The van der Waals surface area contributed by atoms with Crippen molar-refractivity contribution in [1.29, 1.82) is 0 Å². The molecule has 1 aromatic heterocycles. The smallest absolute Gasteiger partial charge is 0.243 e. The first-order valence-electron chi connectivity index (χ1n) is 12.1. The average Bonchev–Trinajstić information content (AvgIpc) is 3.35. The third-order valence-corrected chi connectivity index (χ3v) is 9.61. The summed E-state index contributed by atoms with van der Waals surface area (Å²) in [5, 5.41) is 0.942. The van der Waals surface area contributed by atoms with E-state index in [9.17, 15) is 13.2 Å². The quantitative estimate of drug-likeness (QED) is 0.501. The minimum Gasteiger partial charge on any atom is -0.492 e. The van der Waals surface area contributed by atoms with E-state index in [0.29, 0.717) is 45.8 Å². The van der Waals surface area contributed by atoms with Crippen LogP contribution in [0.2, 0.25) is 0 Å². The van der Waals surface area contributed by atoms with E-state index in [1.165, 1.54) is 4.31 Å². The molecule has 1 amide bonds. The zero-order valence-electron chi connectivity index (χ0n) is 19.8. The number of thiazole rings is 1. The van der Waals surface area contributed by atoms with Gasteiger partial charge in [-0.3, -0.25) is 4.79 Å². The summed E-state index contributed by atoms with van der Waals surface area (Å²) in [5.41, 5.74) is 0.884. The van der Waals surface area contributed by atoms with Gasteiger partial charge in [0, 0.05) is 39.3 Å². The Morgan fingerprint density at radius 3 is 2.57 bits per heavy atom. The number of hydrogen-bond acceptors (Lipinski definition) is 7. The molecule has 3 heterocycles. The molecule has 2 aliphatic rings. The van der Waals surface area contributed by atoms with Gasteiger partial charge < -0.3 is 14.5 Å². The lowest BCUT2D eigenvalue weighted by molar-refractivity contribution is -0.137. The normalized spacial score (nSPS) is 19.7. The zero-order valence-corrected chi connectivity index (χ0v) is 21.4. The number of rotatable bonds is 6. The van der Waals surface area contributed by atoms with Crippen molar-refractivity contribution in [2.45, 2.75) is 24.7 Å². The Balaban J connectivity index is 1.22. The molecule has 1 unspecified atom stereocenters. The lowest BCUT2D eigenvalue weighted by atomic mass is 9.98. The first-order valence-corrected chi connectivity index (χ1v) is 14.3. The summed E-state index contributed by atoms with van der Waals surface area (Å²) in [7, 11) is -3.59. The van der Waals surface area contributed by atoms with E-state index in [1.807, 2.05) is 24.0 Å². The van der Waals surface area contributed by atoms with E-state index in [2.05, 4.69) is 11.0 Å². The molecule has 0 radical (unpaired) electrons. The van der Waals surface area contributed by atoms with Gasteiger partial charge in [0.1, 0.15) is 11.3 Å². The highest BCUT2D eigenvalue weighted by molar-refractivity contribution is 7.89. The van der Waals surface area contributed by atoms with E-state index >= 15 is 0 Å². The highest BCUT2D eigenvalue weighted by Gasteiger charge is 2.36. The Morgan fingerprint density at radius 1 is 1.06 bits per heavy atom. The predicted octanol–water partition coefficient (Wildman–Crippen LogP) is 3.44. The van der Waals surface area contributed by atoms with Crippen molar-refractivity contribution in [2.75, 3.05) is 50.8 Å². The number of nitrogens with zero attached hydrogens (tertiary/aromatic N) is 4. The highest BCUT2D eigenvalue weighted by Crippen LogP contribution is 2.35. The standard InChI is InChI=1S/C25H30N4O4S2/c1-2-33-21-11-6-12-22-23(21)26-25(34-22)28-16-14-27(15-17-28)24(30)19-8-7-13-29(18-19)35(31,32)20-9-4-3-5-10-20/h3-6,9-12,19H,2,7-8,13-18H2,1H3. The van der Waals surface area contributed by atoms with Gasteiger partial charge in [-0.15, -0.1) is 0 Å². The number of carbonyl (C=O) groups is 1. The molecule has 186 valence electrons. The molecule has 8 nitrogen and oxygen atoms in total. The fourth-order valence-corrected chi connectivity index (χ4v) is 7.38. The second-order valence-electron chi connectivity index (χ2n) is 8.86. The van der Waals surface area contributed by atoms with Crippen LogP contribution in [0.4, 0.5) is 5.13 Å². The van der Waals surface area contributed by atoms with Gasteiger partial charge in [0.15, 0.2) is 5.13 Å². The summed E-state index contributed by atoms with van der Waals surface area (Å²) in [4.78, 5) is 22.5. The minimum absolute atomic E-state index is 0.0561. The summed E-state index contributed by atoms with van der Waals surface area (Å²) >= 11 is 1.64. The number of sulfonamides is 1. The van der Waals surface area contributed by atoms with Crippen LogP contribution in [0.1, 0.15) is 19.8 Å². The van der Waals surface area contributed by atoms with E-state index in [1.54, 1.807) is 41.7 Å². The number of para-hydroxylation sites is 1. The second-order valence-corrected chi connectivity index (χ2v) is 11.8. The molecule has 0 aliphatic carbocycles. The number of aromatic nitrogens is 1. The molecular weight excluding hydrogens is 484 g/mol. The number of carbonyl (C=O) groups excluding carboxylic acids is 1. The molecule has 2 fully saturated rings. The van der Waals surface area contributed by atoms with Crippen LogP contribution in [-0.2, 0) is 14.8 Å². The van der Waals surface area contributed by atoms with Gasteiger partial charge in [0.25, 0.3) is 0 Å². The first-order chi connectivity index (χ1) is 17.0. The molecule has 2 aromatic carbocycles. The number of benzene rings is 2. The molecule has 35 heavy (non-hydrogen) atoms. The predicted molar refractivity (Wildman–Crippen MR) is 138 cm³/mol. The maximum Gasteiger partial charge on any atom is 0.243 e. The van der Waals surface area contributed by atoms with Crippen LogP contribution >= 0.6 is 11.3 Å². The van der Waals surface area contributed by atoms with Crippen LogP contribution < -0.4 is 9.64 Å². The van der Waals surface area contributed by atoms with Gasteiger partial charge in [-0.25, -0.2) is 13.4 Å². The van der Waals surface area contributed by atoms with E-state index in [4.69, 9.17) is 9.72 Å². The van der Waals surface area contributed by atoms with Crippen LogP contribution in [0.25, 0.3) is 10.2 Å². The van der Waals surface area contributed by atoms with Crippen molar-refractivity contribution in [3.05, 3.63) is 48.5 Å². The van der Waals surface area contributed by atoms with Crippen LogP contribution in [0.15, 0.2) is 53.4 Å². The summed E-state index contributed by atoms with van der Waals surface area (Å²) in [6.07, 6.45) is 1.41. The molecule has 0 spiro atoms. The maximum absolute atomic E-state index is 13.3. The molecule has 5 rings (SSSR count). The van der Waals surface area contributed by atoms with E-state index < -0.39 is 10.0 Å². The molecule has 1 atom stereocenters. The second kappa shape index (κ2) is 10.1. The fraction of sp³-hybridized carbons (Fsp3) is 0.440. The third kappa shape index (κ3) is 4.87. The number of hydrogen-bond donors (Lipinski definition) is 0. The number of ether oxygens (including phenoxy) is 1. The van der Waals surface area contributed by atoms with Crippen LogP contribution in [0.3, 0.4) is 0 Å². The molecule has 10 heteroatoms. The van der Waals surface area contributed by atoms with Gasteiger partial charge in [-0.2, -0.15) is 4.31 Å². The van der Waals surface area contributed by atoms with E-state index in [-0.39, 0.29) is 23.3 Å². The number of fused-ring (bicyclic) bond motifs is 1. The summed E-state index contributed by atoms with van der Waals surface area (Å²) in [5.74, 6) is 0.555. The Kier molecular flexibility index (Phi) is 6.95. The molecule has 2 saturated heterocycles. The summed E-state index contributed by atoms with van der Waals surface area (Å²) in [6, 6.07) is 14.4. The number of anilines is 1. The summed E-state index contributed by atoms with van der Waals surface area (Å²) < 4.78 is 34.4. The van der Waals surface area contributed by atoms with Crippen LogP contribution in [-0.4, -0.2) is 74.4 Å². The number of amides is 1. The zero-order chi connectivity index (χ0) is 24.4. The molecule has 0 saturated carbocycles. The minimum atomic E-state index is -3.59. The van der Waals surface area contributed by atoms with Crippen molar-refractivity contribution in [3.8, 4) is 5.75 Å². The van der Waals surface area contributed by atoms with Gasteiger partial charge >= 0.3 is 0 Å².